The van der Waals surface area contributed by atoms with Crippen LogP contribution in [0.5, 0.6) is 0 Å². The van der Waals surface area contributed by atoms with Crippen LogP contribution in [0.1, 0.15) is 27.2 Å². The molecule has 0 aromatic rings. The Morgan fingerprint density at radius 2 is 2.00 bits per heavy atom. The Morgan fingerprint density at radius 3 is 2.50 bits per heavy atom. The number of ether oxygens (including phenoxy) is 1. The first-order valence-electron chi connectivity index (χ1n) is 6.13. The summed E-state index contributed by atoms with van der Waals surface area (Å²) in [6.45, 7) is 8.64. The minimum atomic E-state index is -0.402. The molecule has 0 unspecified atom stereocenters. The average Bonchev–Trinajstić information content (AvgIpc) is 2.16. The molecule has 3 aliphatic rings. The molecule has 2 bridgehead atoms. The number of rotatable bonds is 2. The molecule has 2 atom stereocenters. The highest BCUT2D eigenvalue weighted by Crippen LogP contribution is 2.41. The number of nitrogens with one attached hydrogen (secondary N) is 2. The lowest BCUT2D eigenvalue weighted by Crippen LogP contribution is -2.56. The van der Waals surface area contributed by atoms with E-state index in [4.69, 9.17) is 4.74 Å². The van der Waals surface area contributed by atoms with Crippen molar-refractivity contribution in [2.45, 2.75) is 32.8 Å². The van der Waals surface area contributed by atoms with Crippen LogP contribution < -0.4 is 10.6 Å². The van der Waals surface area contributed by atoms with E-state index < -0.39 is 5.60 Å². The van der Waals surface area contributed by atoms with Crippen LogP contribution in [-0.2, 0) is 4.74 Å². The summed E-state index contributed by atoms with van der Waals surface area (Å²) in [7, 11) is 0. The molecule has 3 rings (SSSR count). The third-order valence-electron chi connectivity index (χ3n) is 3.51. The van der Waals surface area contributed by atoms with Crippen LogP contribution in [0.25, 0.3) is 0 Å². The fourth-order valence-corrected chi connectivity index (χ4v) is 2.70. The molecule has 1 aliphatic carbocycles. The summed E-state index contributed by atoms with van der Waals surface area (Å²) in [6.07, 6.45) is 1.04. The zero-order valence-electron chi connectivity index (χ0n) is 10.4. The quantitative estimate of drug-likeness (QED) is 0.747. The van der Waals surface area contributed by atoms with Crippen molar-refractivity contribution in [1.29, 1.82) is 0 Å². The Morgan fingerprint density at radius 1 is 1.38 bits per heavy atom. The van der Waals surface area contributed by atoms with Gasteiger partial charge in [0.25, 0.3) is 0 Å². The van der Waals surface area contributed by atoms with Gasteiger partial charge in [0, 0.05) is 6.54 Å². The number of hydrogen-bond acceptors (Lipinski definition) is 3. The van der Waals surface area contributed by atoms with E-state index in [1.54, 1.807) is 0 Å². The summed E-state index contributed by atoms with van der Waals surface area (Å²) in [5, 5.41) is 6.28. The van der Waals surface area contributed by atoms with Crippen LogP contribution in [0, 0.1) is 17.8 Å². The van der Waals surface area contributed by atoms with E-state index in [2.05, 4.69) is 10.6 Å². The molecule has 3 fully saturated rings. The average molecular weight is 226 g/mol. The van der Waals surface area contributed by atoms with Gasteiger partial charge in [0.05, 0.1) is 0 Å². The normalized spacial score (nSPS) is 32.8. The monoisotopic (exact) mass is 226 g/mol. The Kier molecular flexibility index (Phi) is 3.10. The Labute approximate surface area is 97.1 Å². The highest BCUT2D eigenvalue weighted by Gasteiger charge is 2.43. The Hall–Kier alpha value is -0.770. The molecule has 92 valence electrons. The number of hydrogen-bond donors (Lipinski definition) is 2. The predicted octanol–water partition coefficient (Wildman–Crippen LogP) is 1.37. The lowest BCUT2D eigenvalue weighted by molar-refractivity contribution is 0.0216. The number of alkyl carbamates (subject to hydrolysis) is 1. The number of carbonyl (C=O) groups excluding carboxylic acids is 1. The summed E-state index contributed by atoms with van der Waals surface area (Å²) >= 11 is 0. The van der Waals surface area contributed by atoms with Gasteiger partial charge in [-0.1, -0.05) is 0 Å². The predicted molar refractivity (Wildman–Crippen MR) is 62.2 cm³/mol. The summed E-state index contributed by atoms with van der Waals surface area (Å²) in [5.74, 6) is 2.18. The van der Waals surface area contributed by atoms with Crippen LogP contribution in [0.15, 0.2) is 0 Å². The molecule has 1 saturated carbocycles. The summed E-state index contributed by atoms with van der Waals surface area (Å²) in [5.41, 5.74) is -0.402. The van der Waals surface area contributed by atoms with Crippen molar-refractivity contribution in [3.8, 4) is 0 Å². The summed E-state index contributed by atoms with van der Waals surface area (Å²) in [6, 6.07) is 0. The minimum absolute atomic E-state index is 0.287. The van der Waals surface area contributed by atoms with Crippen molar-refractivity contribution < 1.29 is 9.53 Å². The van der Waals surface area contributed by atoms with Crippen LogP contribution in [0.4, 0.5) is 4.79 Å². The maximum absolute atomic E-state index is 11.5. The van der Waals surface area contributed by atoms with Gasteiger partial charge in [-0.05, 0) is 58.0 Å². The van der Waals surface area contributed by atoms with Gasteiger partial charge in [-0.3, -0.25) is 0 Å². The highest BCUT2D eigenvalue weighted by molar-refractivity contribution is 5.67. The number of fused-ring (bicyclic) bond motifs is 2. The second-order valence-electron chi connectivity index (χ2n) is 5.96. The molecule has 0 aromatic heterocycles. The molecule has 4 heteroatoms. The summed E-state index contributed by atoms with van der Waals surface area (Å²) < 4.78 is 5.21. The highest BCUT2D eigenvalue weighted by atomic mass is 16.6. The van der Waals surface area contributed by atoms with Gasteiger partial charge in [0.2, 0.25) is 0 Å². The third-order valence-corrected chi connectivity index (χ3v) is 3.51. The first kappa shape index (κ1) is 11.7. The first-order valence-corrected chi connectivity index (χ1v) is 6.13. The molecule has 1 amide bonds. The second kappa shape index (κ2) is 4.24. The maximum Gasteiger partial charge on any atom is 0.407 e. The van der Waals surface area contributed by atoms with Crippen molar-refractivity contribution in [3.05, 3.63) is 0 Å². The lowest BCUT2D eigenvalue weighted by Gasteiger charge is -2.49. The van der Waals surface area contributed by atoms with Crippen LogP contribution in [0.2, 0.25) is 0 Å². The number of piperidine rings is 2. The molecule has 0 aromatic carbocycles. The van der Waals surface area contributed by atoms with Crippen molar-refractivity contribution in [2.24, 2.45) is 17.8 Å². The van der Waals surface area contributed by atoms with Crippen molar-refractivity contribution in [3.63, 3.8) is 0 Å². The van der Waals surface area contributed by atoms with Gasteiger partial charge in [-0.15, -0.1) is 0 Å². The van der Waals surface area contributed by atoms with Crippen LogP contribution >= 0.6 is 0 Å². The van der Waals surface area contributed by atoms with E-state index in [1.807, 2.05) is 20.8 Å². The van der Waals surface area contributed by atoms with Gasteiger partial charge < -0.3 is 15.4 Å². The van der Waals surface area contributed by atoms with E-state index in [1.165, 1.54) is 6.42 Å². The number of carbonyl (C=O) groups is 1. The van der Waals surface area contributed by atoms with Gasteiger partial charge in [-0.2, -0.15) is 0 Å². The van der Waals surface area contributed by atoms with Gasteiger partial charge in [0.1, 0.15) is 5.60 Å². The van der Waals surface area contributed by atoms with Crippen molar-refractivity contribution >= 4 is 6.09 Å². The molecular formula is C12H22N2O2. The van der Waals surface area contributed by atoms with Gasteiger partial charge >= 0.3 is 6.09 Å². The zero-order chi connectivity index (χ0) is 11.8. The van der Waals surface area contributed by atoms with Gasteiger partial charge in [0.15, 0.2) is 0 Å². The van der Waals surface area contributed by atoms with Crippen molar-refractivity contribution in [1.82, 2.24) is 10.6 Å². The topological polar surface area (TPSA) is 50.4 Å². The molecule has 2 aliphatic heterocycles. The van der Waals surface area contributed by atoms with E-state index in [0.717, 1.165) is 31.5 Å². The van der Waals surface area contributed by atoms with E-state index in [9.17, 15) is 4.79 Å². The molecular weight excluding hydrogens is 204 g/mol. The lowest BCUT2D eigenvalue weighted by atomic mass is 9.62. The smallest absolute Gasteiger partial charge is 0.407 e. The fraction of sp³-hybridized carbons (Fsp3) is 0.917. The molecule has 0 spiro atoms. The third kappa shape index (κ3) is 2.67. The number of amides is 1. The molecule has 2 saturated heterocycles. The Bertz CT molecular complexity index is 259. The Balaban J connectivity index is 1.70. The van der Waals surface area contributed by atoms with Crippen LogP contribution in [0.3, 0.4) is 0 Å². The molecule has 0 radical (unpaired) electrons. The molecule has 2 N–H and O–H groups in total. The summed E-state index contributed by atoms with van der Waals surface area (Å²) in [4.78, 5) is 11.5. The van der Waals surface area contributed by atoms with E-state index in [-0.39, 0.29) is 6.09 Å². The largest absolute Gasteiger partial charge is 0.444 e. The van der Waals surface area contributed by atoms with Crippen LogP contribution in [-0.4, -0.2) is 31.3 Å². The van der Waals surface area contributed by atoms with E-state index in [0.29, 0.717) is 5.92 Å². The minimum Gasteiger partial charge on any atom is -0.444 e. The van der Waals surface area contributed by atoms with Gasteiger partial charge in [-0.25, -0.2) is 4.79 Å². The first-order chi connectivity index (χ1) is 7.46. The molecule has 2 heterocycles. The molecule has 4 nitrogen and oxygen atoms in total. The second-order valence-corrected chi connectivity index (χ2v) is 5.96. The molecule has 16 heavy (non-hydrogen) atoms. The maximum atomic E-state index is 11.5. The SMILES string of the molecule is CC(C)(C)OC(=O)NCC1[C@H]2CNC[C@H]1C2. The van der Waals surface area contributed by atoms with E-state index >= 15 is 0 Å². The zero-order valence-corrected chi connectivity index (χ0v) is 10.4. The fourth-order valence-electron chi connectivity index (χ4n) is 2.70. The van der Waals surface area contributed by atoms with Crippen molar-refractivity contribution in [2.75, 3.05) is 19.6 Å². The standard InChI is InChI=1S/C12H22N2O2/c1-12(2,3)16-11(15)14-7-10-8-4-9(10)6-13-5-8/h8-10,13H,4-7H2,1-3H3,(H,14,15)/t8-,9-/m1/s1.